The van der Waals surface area contributed by atoms with Crippen molar-refractivity contribution in [3.63, 3.8) is 0 Å². The van der Waals surface area contributed by atoms with Gasteiger partial charge in [-0.2, -0.15) is 0 Å². The molecule has 1 amide bonds. The Morgan fingerprint density at radius 2 is 1.91 bits per heavy atom. The first kappa shape index (κ1) is 14.0. The highest BCUT2D eigenvalue weighted by atomic mass is 16.1. The summed E-state index contributed by atoms with van der Waals surface area (Å²) in [5.74, 6) is 0.733. The molecule has 3 aromatic rings. The molecule has 0 radical (unpaired) electrons. The van der Waals surface area contributed by atoms with E-state index in [1.165, 1.54) is 24.0 Å². The van der Waals surface area contributed by atoms with Gasteiger partial charge in [0, 0.05) is 5.56 Å². The molecule has 2 N–H and O–H groups in total. The maximum atomic E-state index is 12.4. The molecule has 4 nitrogen and oxygen atoms in total. The maximum absolute atomic E-state index is 12.4. The van der Waals surface area contributed by atoms with Crippen molar-refractivity contribution in [2.24, 2.45) is 0 Å². The first-order valence-corrected chi connectivity index (χ1v) is 8.13. The van der Waals surface area contributed by atoms with Gasteiger partial charge < -0.3 is 10.3 Å². The summed E-state index contributed by atoms with van der Waals surface area (Å²) in [5.41, 5.74) is 5.37. The van der Waals surface area contributed by atoms with Gasteiger partial charge in [-0.05, 0) is 61.1 Å². The van der Waals surface area contributed by atoms with Crippen LogP contribution in [-0.4, -0.2) is 15.9 Å². The molecule has 0 saturated heterocycles. The highest BCUT2D eigenvalue weighted by Crippen LogP contribution is 2.22. The first-order chi connectivity index (χ1) is 11.3. The van der Waals surface area contributed by atoms with E-state index in [-0.39, 0.29) is 5.91 Å². The summed E-state index contributed by atoms with van der Waals surface area (Å²) in [6.07, 6.45) is 4.69. The second-order valence-corrected chi connectivity index (χ2v) is 6.07. The molecule has 1 aliphatic carbocycles. The molecule has 23 heavy (non-hydrogen) atoms. The van der Waals surface area contributed by atoms with Crippen molar-refractivity contribution < 1.29 is 4.79 Å². The lowest BCUT2D eigenvalue weighted by Gasteiger charge is -2.16. The van der Waals surface area contributed by atoms with Crippen molar-refractivity contribution in [3.05, 3.63) is 65.0 Å². The average Bonchev–Trinajstić information content (AvgIpc) is 3.02. The van der Waals surface area contributed by atoms with Crippen LogP contribution in [0, 0.1) is 0 Å². The molecule has 0 atom stereocenters. The normalized spacial score (nSPS) is 13.7. The molecule has 4 heteroatoms. The number of nitrogens with one attached hydrogen (secondary N) is 2. The van der Waals surface area contributed by atoms with Crippen LogP contribution in [0.4, 0.5) is 0 Å². The lowest BCUT2D eigenvalue weighted by molar-refractivity contribution is 0.0950. The van der Waals surface area contributed by atoms with Crippen LogP contribution in [0.3, 0.4) is 0 Å². The SMILES string of the molecule is O=C(NCc1nc2ccccc2[nH]1)c1ccc2c(c1)CCCC2. The van der Waals surface area contributed by atoms with Crippen molar-refractivity contribution in [1.29, 1.82) is 0 Å². The number of aromatic amines is 1. The monoisotopic (exact) mass is 305 g/mol. The summed E-state index contributed by atoms with van der Waals surface area (Å²) in [6.45, 7) is 0.407. The first-order valence-electron chi connectivity index (χ1n) is 8.13. The maximum Gasteiger partial charge on any atom is 0.251 e. The Bertz CT molecular complexity index is 833. The third-order valence-electron chi connectivity index (χ3n) is 4.47. The molecule has 0 saturated carbocycles. The standard InChI is InChI=1S/C19H19N3O/c23-19(15-10-9-13-5-1-2-6-14(13)11-15)20-12-18-21-16-7-3-4-8-17(16)22-18/h3-4,7-11H,1-2,5-6,12H2,(H,20,23)(H,21,22). The fourth-order valence-corrected chi connectivity index (χ4v) is 3.23. The minimum absolute atomic E-state index is 0.0428. The predicted molar refractivity (Wildman–Crippen MR) is 90.3 cm³/mol. The van der Waals surface area contributed by atoms with E-state index in [0.29, 0.717) is 6.54 Å². The summed E-state index contributed by atoms with van der Waals surface area (Å²) in [5, 5.41) is 2.95. The molecule has 116 valence electrons. The fourth-order valence-electron chi connectivity index (χ4n) is 3.23. The summed E-state index contributed by atoms with van der Waals surface area (Å²) in [4.78, 5) is 20.1. The van der Waals surface area contributed by atoms with Gasteiger partial charge in [-0.3, -0.25) is 4.79 Å². The number of para-hydroxylation sites is 2. The highest BCUT2D eigenvalue weighted by molar-refractivity contribution is 5.94. The van der Waals surface area contributed by atoms with Gasteiger partial charge >= 0.3 is 0 Å². The van der Waals surface area contributed by atoms with Crippen molar-refractivity contribution >= 4 is 16.9 Å². The lowest BCUT2D eigenvalue weighted by Crippen LogP contribution is -2.23. The summed E-state index contributed by atoms with van der Waals surface area (Å²) >= 11 is 0. The van der Waals surface area contributed by atoms with Crippen molar-refractivity contribution in [3.8, 4) is 0 Å². The Kier molecular flexibility index (Phi) is 3.58. The van der Waals surface area contributed by atoms with Crippen LogP contribution in [0.2, 0.25) is 0 Å². The number of carbonyl (C=O) groups excluding carboxylic acids is 1. The summed E-state index contributed by atoms with van der Waals surface area (Å²) < 4.78 is 0. The van der Waals surface area contributed by atoms with Crippen LogP contribution in [-0.2, 0) is 19.4 Å². The van der Waals surface area contributed by atoms with Crippen LogP contribution in [0.1, 0.15) is 40.2 Å². The topological polar surface area (TPSA) is 57.8 Å². The number of imidazole rings is 1. The largest absolute Gasteiger partial charge is 0.345 e. The van der Waals surface area contributed by atoms with Gasteiger partial charge in [0.15, 0.2) is 0 Å². The summed E-state index contributed by atoms with van der Waals surface area (Å²) in [6, 6.07) is 13.9. The number of nitrogens with zero attached hydrogens (tertiary/aromatic N) is 1. The molecule has 0 aliphatic heterocycles. The number of H-pyrrole nitrogens is 1. The number of hydrogen-bond acceptors (Lipinski definition) is 2. The van der Waals surface area contributed by atoms with Crippen molar-refractivity contribution in [2.45, 2.75) is 32.2 Å². The van der Waals surface area contributed by atoms with E-state index in [0.717, 1.165) is 35.3 Å². The number of rotatable bonds is 3. The van der Waals surface area contributed by atoms with Crippen molar-refractivity contribution in [1.82, 2.24) is 15.3 Å². The second kappa shape index (κ2) is 5.88. The van der Waals surface area contributed by atoms with Gasteiger partial charge in [0.05, 0.1) is 17.6 Å². The van der Waals surface area contributed by atoms with E-state index in [1.807, 2.05) is 36.4 Å². The molecule has 4 rings (SSSR count). The van der Waals surface area contributed by atoms with Crippen molar-refractivity contribution in [2.75, 3.05) is 0 Å². The quantitative estimate of drug-likeness (QED) is 0.779. The Balaban J connectivity index is 1.47. The number of amides is 1. The van der Waals surface area contributed by atoms with E-state index in [1.54, 1.807) is 0 Å². The van der Waals surface area contributed by atoms with E-state index in [2.05, 4.69) is 21.4 Å². The van der Waals surface area contributed by atoms with Crippen LogP contribution in [0.15, 0.2) is 42.5 Å². The minimum atomic E-state index is -0.0428. The molecule has 2 aromatic carbocycles. The van der Waals surface area contributed by atoms with Crippen LogP contribution in [0.5, 0.6) is 0 Å². The zero-order valence-electron chi connectivity index (χ0n) is 12.9. The molecule has 1 aliphatic rings. The Hall–Kier alpha value is -2.62. The number of fused-ring (bicyclic) bond motifs is 2. The molecule has 0 bridgehead atoms. The Labute approximate surface area is 134 Å². The van der Waals surface area contributed by atoms with Crippen LogP contribution in [0.25, 0.3) is 11.0 Å². The van der Waals surface area contributed by atoms with Gasteiger partial charge in [0.1, 0.15) is 5.82 Å². The number of carbonyl (C=O) groups is 1. The zero-order chi connectivity index (χ0) is 15.6. The highest BCUT2D eigenvalue weighted by Gasteiger charge is 2.13. The minimum Gasteiger partial charge on any atom is -0.345 e. The smallest absolute Gasteiger partial charge is 0.251 e. The number of aromatic nitrogens is 2. The van der Waals surface area contributed by atoms with Gasteiger partial charge in [0.25, 0.3) is 5.91 Å². The third-order valence-corrected chi connectivity index (χ3v) is 4.47. The lowest BCUT2D eigenvalue weighted by atomic mass is 9.90. The third kappa shape index (κ3) is 2.84. The fraction of sp³-hybridized carbons (Fsp3) is 0.263. The van der Waals surface area contributed by atoms with E-state index >= 15 is 0 Å². The number of hydrogen-bond donors (Lipinski definition) is 2. The second-order valence-electron chi connectivity index (χ2n) is 6.07. The van der Waals surface area contributed by atoms with Gasteiger partial charge in [0.2, 0.25) is 0 Å². The predicted octanol–water partition coefficient (Wildman–Crippen LogP) is 3.37. The molecular weight excluding hydrogens is 286 g/mol. The molecule has 1 heterocycles. The Morgan fingerprint density at radius 3 is 2.78 bits per heavy atom. The Morgan fingerprint density at radius 1 is 1.09 bits per heavy atom. The molecular formula is C19H19N3O. The van der Waals surface area contributed by atoms with Crippen LogP contribution < -0.4 is 5.32 Å². The van der Waals surface area contributed by atoms with E-state index in [9.17, 15) is 4.79 Å². The van der Waals surface area contributed by atoms with Crippen LogP contribution >= 0.6 is 0 Å². The van der Waals surface area contributed by atoms with Gasteiger partial charge in [-0.25, -0.2) is 4.98 Å². The van der Waals surface area contributed by atoms with E-state index in [4.69, 9.17) is 0 Å². The average molecular weight is 305 g/mol. The zero-order valence-corrected chi connectivity index (χ0v) is 12.9. The molecule has 1 aromatic heterocycles. The number of benzene rings is 2. The molecule has 0 fully saturated rings. The molecule has 0 unspecified atom stereocenters. The van der Waals surface area contributed by atoms with Gasteiger partial charge in [-0.15, -0.1) is 0 Å². The van der Waals surface area contributed by atoms with Gasteiger partial charge in [-0.1, -0.05) is 18.2 Å². The summed E-state index contributed by atoms with van der Waals surface area (Å²) in [7, 11) is 0. The van der Waals surface area contributed by atoms with E-state index < -0.39 is 0 Å². The molecule has 0 spiro atoms. The number of aryl methyl sites for hydroxylation is 2.